The molecule has 0 atom stereocenters. The zero-order valence-electron chi connectivity index (χ0n) is 15.7. The van der Waals surface area contributed by atoms with E-state index in [4.69, 9.17) is 5.11 Å². The summed E-state index contributed by atoms with van der Waals surface area (Å²) in [6.45, 7) is 2.49. The maximum Gasteiger partial charge on any atom is 0.335 e. The molecule has 4 aromatic rings. The first-order valence-electron chi connectivity index (χ1n) is 9.01. The Labute approximate surface area is 167 Å². The lowest BCUT2D eigenvalue weighted by Crippen LogP contribution is -2.15. The summed E-state index contributed by atoms with van der Waals surface area (Å²) < 4.78 is 29.1. The molecule has 11 heteroatoms. The number of nitrogens with one attached hydrogen (secondary N) is 1. The molecule has 0 saturated carbocycles. The maximum atomic E-state index is 13.0. The lowest BCUT2D eigenvalue weighted by Gasteiger charge is -2.04. The second-order valence-corrected chi connectivity index (χ2v) is 6.54. The second kappa shape index (κ2) is 7.50. The van der Waals surface area contributed by atoms with Crippen LogP contribution in [0.3, 0.4) is 0 Å². The van der Waals surface area contributed by atoms with Crippen molar-refractivity contribution < 1.29 is 18.7 Å². The summed E-state index contributed by atoms with van der Waals surface area (Å²) in [7, 11) is 0. The van der Waals surface area contributed by atoms with Crippen LogP contribution >= 0.6 is 0 Å². The number of hydrogen-bond acceptors (Lipinski definition) is 5. The van der Waals surface area contributed by atoms with E-state index in [1.54, 1.807) is 40.6 Å². The number of benzene rings is 1. The van der Waals surface area contributed by atoms with Gasteiger partial charge in [-0.3, -0.25) is 9.48 Å². The summed E-state index contributed by atoms with van der Waals surface area (Å²) in [4.78, 5) is 33.6. The van der Waals surface area contributed by atoms with Crippen LogP contribution in [0.15, 0.2) is 41.5 Å². The molecule has 0 spiro atoms. The molecule has 0 fully saturated rings. The van der Waals surface area contributed by atoms with E-state index in [1.807, 2.05) is 0 Å². The van der Waals surface area contributed by atoms with Crippen LogP contribution in [0.4, 0.5) is 8.78 Å². The number of fused-ring (bicyclic) bond motifs is 1. The topological polar surface area (TPSA) is 119 Å². The average molecular weight is 414 g/mol. The summed E-state index contributed by atoms with van der Waals surface area (Å²) in [5.74, 6) is -1.37. The molecule has 2 N–H and O–H groups in total. The number of rotatable bonds is 6. The number of carboxylic acids is 1. The van der Waals surface area contributed by atoms with Gasteiger partial charge in [0, 0.05) is 12.7 Å². The zero-order valence-corrected chi connectivity index (χ0v) is 15.7. The molecule has 0 radical (unpaired) electrons. The molecule has 0 aliphatic heterocycles. The highest BCUT2D eigenvalue weighted by Crippen LogP contribution is 2.23. The average Bonchev–Trinajstić information content (AvgIpc) is 3.32. The molecule has 0 aliphatic carbocycles. The van der Waals surface area contributed by atoms with Gasteiger partial charge in [-0.2, -0.15) is 5.10 Å². The van der Waals surface area contributed by atoms with Gasteiger partial charge >= 0.3 is 5.97 Å². The van der Waals surface area contributed by atoms with Crippen LogP contribution in [-0.2, 0) is 13.1 Å². The molecule has 0 saturated heterocycles. The monoisotopic (exact) mass is 414 g/mol. The van der Waals surface area contributed by atoms with E-state index >= 15 is 0 Å². The predicted molar refractivity (Wildman–Crippen MR) is 103 cm³/mol. The number of aromatic amines is 1. The van der Waals surface area contributed by atoms with Crippen molar-refractivity contribution in [2.45, 2.75) is 26.4 Å². The van der Waals surface area contributed by atoms with E-state index in [9.17, 15) is 18.4 Å². The van der Waals surface area contributed by atoms with Gasteiger partial charge in [0.2, 0.25) is 0 Å². The molecule has 154 valence electrons. The third-order valence-corrected chi connectivity index (χ3v) is 4.57. The van der Waals surface area contributed by atoms with Crippen molar-refractivity contribution in [3.05, 3.63) is 64.0 Å². The standard InChI is InChI=1S/C19H16F2N6O3/c1-2-27-13-15(23-16(14(20)21)25-18(13)28)24-17(27)12-7-22-26(9-12)8-10-4-3-5-11(6-10)19(29)30/h3-7,9,14H,2,8H2,1H3,(H,29,30)(H,23,25,28). The van der Waals surface area contributed by atoms with Crippen LogP contribution in [-0.4, -0.2) is 40.4 Å². The van der Waals surface area contributed by atoms with Crippen molar-refractivity contribution in [3.8, 4) is 11.4 Å². The van der Waals surface area contributed by atoms with E-state index in [1.165, 1.54) is 12.3 Å². The number of carbonyl (C=O) groups is 1. The number of aryl methyl sites for hydroxylation is 1. The molecule has 1 aromatic carbocycles. The van der Waals surface area contributed by atoms with Gasteiger partial charge in [0.1, 0.15) is 5.82 Å². The fraction of sp³-hybridized carbons (Fsp3) is 0.211. The molecule has 9 nitrogen and oxygen atoms in total. The molecule has 0 bridgehead atoms. The van der Waals surface area contributed by atoms with E-state index in [-0.39, 0.29) is 16.7 Å². The Hall–Kier alpha value is -3.89. The van der Waals surface area contributed by atoms with Crippen molar-refractivity contribution in [2.24, 2.45) is 0 Å². The largest absolute Gasteiger partial charge is 0.478 e. The number of aromatic carboxylic acids is 1. The fourth-order valence-corrected chi connectivity index (χ4v) is 3.25. The van der Waals surface area contributed by atoms with Gasteiger partial charge in [0.05, 0.1) is 23.9 Å². The Morgan fingerprint density at radius 2 is 2.10 bits per heavy atom. The van der Waals surface area contributed by atoms with E-state index in [0.29, 0.717) is 24.5 Å². The smallest absolute Gasteiger partial charge is 0.335 e. The number of carboxylic acid groups (broad SMARTS) is 1. The Morgan fingerprint density at radius 3 is 2.80 bits per heavy atom. The van der Waals surface area contributed by atoms with Crippen LogP contribution in [0.25, 0.3) is 22.6 Å². The van der Waals surface area contributed by atoms with Crippen LogP contribution in [0.1, 0.15) is 35.1 Å². The summed E-state index contributed by atoms with van der Waals surface area (Å²) in [6.07, 6.45) is 0.307. The van der Waals surface area contributed by atoms with Crippen molar-refractivity contribution in [1.29, 1.82) is 0 Å². The third-order valence-electron chi connectivity index (χ3n) is 4.57. The quantitative estimate of drug-likeness (QED) is 0.501. The molecule has 4 rings (SSSR count). The van der Waals surface area contributed by atoms with Gasteiger partial charge in [-0.15, -0.1) is 0 Å². The Morgan fingerprint density at radius 1 is 1.30 bits per heavy atom. The molecular weight excluding hydrogens is 398 g/mol. The number of alkyl halides is 2. The van der Waals surface area contributed by atoms with Crippen LogP contribution in [0.5, 0.6) is 0 Å². The van der Waals surface area contributed by atoms with Gasteiger partial charge < -0.3 is 14.7 Å². The van der Waals surface area contributed by atoms with Crippen LogP contribution in [0.2, 0.25) is 0 Å². The summed E-state index contributed by atoms with van der Waals surface area (Å²) >= 11 is 0. The highest BCUT2D eigenvalue weighted by Gasteiger charge is 2.20. The number of H-pyrrole nitrogens is 1. The third kappa shape index (κ3) is 3.45. The molecule has 30 heavy (non-hydrogen) atoms. The highest BCUT2D eigenvalue weighted by atomic mass is 19.3. The minimum absolute atomic E-state index is 0.0622. The zero-order chi connectivity index (χ0) is 21.4. The molecule has 0 amide bonds. The SMILES string of the molecule is CCn1c(-c2cnn(Cc3cccc(C(=O)O)c3)c2)nc2nc(C(F)F)[nH]c(=O)c21. The van der Waals surface area contributed by atoms with E-state index < -0.39 is 23.8 Å². The van der Waals surface area contributed by atoms with Gasteiger partial charge in [-0.25, -0.2) is 23.5 Å². The molecule has 3 heterocycles. The minimum atomic E-state index is -2.92. The summed E-state index contributed by atoms with van der Waals surface area (Å²) in [5, 5.41) is 13.4. The van der Waals surface area contributed by atoms with Gasteiger partial charge in [0.15, 0.2) is 17.0 Å². The van der Waals surface area contributed by atoms with Crippen molar-refractivity contribution >= 4 is 17.1 Å². The molecular formula is C19H16F2N6O3. The predicted octanol–water partition coefficient (Wildman–Crippen LogP) is 2.69. The Balaban J connectivity index is 1.72. The summed E-state index contributed by atoms with van der Waals surface area (Å²) in [5.41, 5.74) is 0.851. The normalized spacial score (nSPS) is 11.5. The molecule has 0 aliphatic rings. The number of hydrogen-bond donors (Lipinski definition) is 2. The van der Waals surface area contributed by atoms with Crippen LogP contribution in [0, 0.1) is 0 Å². The summed E-state index contributed by atoms with van der Waals surface area (Å²) in [6, 6.07) is 6.49. The number of nitrogens with zero attached hydrogens (tertiary/aromatic N) is 5. The molecule has 0 unspecified atom stereocenters. The van der Waals surface area contributed by atoms with Gasteiger partial charge in [-0.1, -0.05) is 12.1 Å². The lowest BCUT2D eigenvalue weighted by atomic mass is 10.1. The van der Waals surface area contributed by atoms with Gasteiger partial charge in [0.25, 0.3) is 12.0 Å². The molecule has 3 aromatic heterocycles. The van der Waals surface area contributed by atoms with E-state index in [0.717, 1.165) is 5.56 Å². The minimum Gasteiger partial charge on any atom is -0.478 e. The van der Waals surface area contributed by atoms with E-state index in [2.05, 4.69) is 20.1 Å². The van der Waals surface area contributed by atoms with Crippen molar-refractivity contribution in [2.75, 3.05) is 0 Å². The Kier molecular flexibility index (Phi) is 4.86. The Bertz CT molecular complexity index is 1310. The van der Waals surface area contributed by atoms with Crippen molar-refractivity contribution in [3.63, 3.8) is 0 Å². The second-order valence-electron chi connectivity index (χ2n) is 6.54. The maximum absolute atomic E-state index is 13.0. The van der Waals surface area contributed by atoms with Crippen molar-refractivity contribution in [1.82, 2.24) is 29.3 Å². The first-order chi connectivity index (χ1) is 14.4. The first kappa shape index (κ1) is 19.4. The number of imidazole rings is 1. The fourth-order valence-electron chi connectivity index (χ4n) is 3.25. The first-order valence-corrected chi connectivity index (χ1v) is 9.01. The highest BCUT2D eigenvalue weighted by molar-refractivity contribution is 5.87. The number of halogens is 2. The number of aromatic nitrogens is 6. The van der Waals surface area contributed by atoms with Gasteiger partial charge in [-0.05, 0) is 24.6 Å². The lowest BCUT2D eigenvalue weighted by molar-refractivity contribution is 0.0696. The van der Waals surface area contributed by atoms with Crippen LogP contribution < -0.4 is 5.56 Å².